The number of hydrogen-bond donors (Lipinski definition) is 1. The Morgan fingerprint density at radius 3 is 2.30 bits per heavy atom. The molecule has 0 rings (SSSR count). The number of rotatable bonds is 11. The number of carbonyl (C=O) groups is 1. The van der Waals surface area contributed by atoms with Crippen molar-refractivity contribution in [1.82, 2.24) is 4.72 Å². The summed E-state index contributed by atoms with van der Waals surface area (Å²) in [6.45, 7) is 12.4. The summed E-state index contributed by atoms with van der Waals surface area (Å²) in [5, 5.41) is 0. The maximum atomic E-state index is 12.6. The predicted molar refractivity (Wildman–Crippen MR) is 113 cm³/mol. The summed E-state index contributed by atoms with van der Waals surface area (Å²) in [6, 6.07) is -0.221. The molecule has 0 unspecified atom stereocenters. The van der Waals surface area contributed by atoms with Crippen molar-refractivity contribution < 1.29 is 23.2 Å². The van der Waals surface area contributed by atoms with Crippen molar-refractivity contribution >= 4 is 25.0 Å². The second-order valence-corrected chi connectivity index (χ2v) is 15.2. The molecule has 8 heteroatoms. The molecule has 0 saturated carbocycles. The van der Waals surface area contributed by atoms with Crippen molar-refractivity contribution in [1.29, 1.82) is 0 Å². The van der Waals surface area contributed by atoms with Gasteiger partial charge in [-0.2, -0.15) is 0 Å². The molecule has 0 aromatic carbocycles. The molecule has 0 saturated heterocycles. The van der Waals surface area contributed by atoms with Crippen LogP contribution in [-0.4, -0.2) is 56.2 Å². The maximum absolute atomic E-state index is 12.6. The highest BCUT2D eigenvalue weighted by atomic mass is 32.2. The normalized spacial score (nSPS) is 15.4. The van der Waals surface area contributed by atoms with Crippen LogP contribution >= 0.6 is 0 Å². The van der Waals surface area contributed by atoms with Crippen LogP contribution in [0.4, 0.5) is 0 Å². The van der Waals surface area contributed by atoms with Gasteiger partial charge in [0.15, 0.2) is 0 Å². The van der Waals surface area contributed by atoms with Gasteiger partial charge in [0.05, 0.1) is 28.9 Å². The third-order valence-electron chi connectivity index (χ3n) is 3.51. The van der Waals surface area contributed by atoms with Crippen molar-refractivity contribution in [3.8, 4) is 11.5 Å². The van der Waals surface area contributed by atoms with Gasteiger partial charge >= 0.3 is 5.97 Å². The van der Waals surface area contributed by atoms with Crippen LogP contribution in [0.15, 0.2) is 0 Å². The van der Waals surface area contributed by atoms with E-state index < -0.39 is 29.9 Å². The third kappa shape index (κ3) is 13.1. The second kappa shape index (κ2) is 12.7. The summed E-state index contributed by atoms with van der Waals surface area (Å²) in [5.41, 5.74) is 3.34. The molecule has 0 bridgehead atoms. The molecule has 0 aliphatic rings. The maximum Gasteiger partial charge on any atom is 0.305 e. The van der Waals surface area contributed by atoms with E-state index in [0.29, 0.717) is 19.3 Å². The minimum absolute atomic E-state index is 0.119. The molecule has 0 aromatic heterocycles. The molecule has 158 valence electrons. The van der Waals surface area contributed by atoms with E-state index in [1.165, 1.54) is 7.11 Å². The summed E-state index contributed by atoms with van der Waals surface area (Å²) in [7, 11) is 0.114. The summed E-state index contributed by atoms with van der Waals surface area (Å²) < 4.78 is 31.0. The van der Waals surface area contributed by atoms with Gasteiger partial charge in [0.2, 0.25) is 0 Å². The molecule has 0 fully saturated rings. The molecule has 0 heterocycles. The van der Waals surface area contributed by atoms with Gasteiger partial charge in [-0.3, -0.25) is 4.79 Å². The Labute approximate surface area is 168 Å². The smallest absolute Gasteiger partial charge is 0.305 e. The summed E-state index contributed by atoms with van der Waals surface area (Å²) >= 11 is 0. The zero-order valence-electron chi connectivity index (χ0n) is 18.1. The highest BCUT2D eigenvalue weighted by Gasteiger charge is 2.28. The van der Waals surface area contributed by atoms with Crippen molar-refractivity contribution in [2.24, 2.45) is 0 Å². The Bertz CT molecular complexity index is 531. The average molecular weight is 420 g/mol. The average Bonchev–Trinajstić information content (AvgIpc) is 2.55. The van der Waals surface area contributed by atoms with E-state index in [9.17, 15) is 9.00 Å². The van der Waals surface area contributed by atoms with E-state index in [-0.39, 0.29) is 18.8 Å². The first kappa shape index (κ1) is 26.3. The van der Waals surface area contributed by atoms with Gasteiger partial charge in [-0.05, 0) is 33.6 Å². The first-order chi connectivity index (χ1) is 12.4. The van der Waals surface area contributed by atoms with Crippen LogP contribution in [0.5, 0.6) is 0 Å². The van der Waals surface area contributed by atoms with Crippen LogP contribution in [0.2, 0.25) is 19.6 Å². The third-order valence-corrected chi connectivity index (χ3v) is 6.03. The van der Waals surface area contributed by atoms with E-state index in [4.69, 9.17) is 9.47 Å². The Balaban J connectivity index is 5.27. The first-order valence-corrected chi connectivity index (χ1v) is 13.9. The highest BCUT2D eigenvalue weighted by Crippen LogP contribution is 2.16. The number of carbonyl (C=O) groups excluding carboxylic acids is 1. The van der Waals surface area contributed by atoms with Gasteiger partial charge in [0.1, 0.15) is 21.0 Å². The SMILES string of the molecule is COCO[C@@H](C#C[Si](C)(C)C)[C@@H](CCCCC(=O)OC)N[S@@](=O)C(C)(C)C. The van der Waals surface area contributed by atoms with Crippen LogP contribution in [0, 0.1) is 11.5 Å². The second-order valence-electron chi connectivity index (χ2n) is 8.44. The minimum Gasteiger partial charge on any atom is -0.469 e. The standard InChI is InChI=1S/C19H37NO5SSi/c1-19(2,3)26(22)20-16(11-9-10-12-18(21)24-5)17(25-15-23-4)13-14-27(6,7)8/h16-17,20H,9-12,15H2,1-8H3/t16-,17+,26+/m1/s1. The van der Waals surface area contributed by atoms with Crippen molar-refractivity contribution in [3.05, 3.63) is 0 Å². The molecule has 0 aliphatic carbocycles. The lowest BCUT2D eigenvalue weighted by Crippen LogP contribution is -2.46. The summed E-state index contributed by atoms with van der Waals surface area (Å²) in [6.07, 6.45) is 2.10. The Kier molecular flexibility index (Phi) is 12.3. The molecule has 0 spiro atoms. The topological polar surface area (TPSA) is 73.9 Å². The van der Waals surface area contributed by atoms with E-state index in [0.717, 1.165) is 6.42 Å². The molecule has 27 heavy (non-hydrogen) atoms. The zero-order valence-corrected chi connectivity index (χ0v) is 20.0. The number of methoxy groups -OCH3 is 2. The highest BCUT2D eigenvalue weighted by molar-refractivity contribution is 7.84. The fraction of sp³-hybridized carbons (Fsp3) is 0.842. The molecule has 6 nitrogen and oxygen atoms in total. The quantitative estimate of drug-likeness (QED) is 0.183. The van der Waals surface area contributed by atoms with Crippen molar-refractivity contribution in [2.75, 3.05) is 21.0 Å². The number of ether oxygens (including phenoxy) is 3. The number of esters is 1. The largest absolute Gasteiger partial charge is 0.469 e. The van der Waals surface area contributed by atoms with Crippen LogP contribution < -0.4 is 4.72 Å². The van der Waals surface area contributed by atoms with Crippen LogP contribution in [0.3, 0.4) is 0 Å². The molecular formula is C19H37NO5SSi. The number of hydrogen-bond acceptors (Lipinski definition) is 5. The Hall–Kier alpha value is -0.723. The first-order valence-electron chi connectivity index (χ1n) is 9.29. The lowest BCUT2D eigenvalue weighted by atomic mass is 10.0. The van der Waals surface area contributed by atoms with Gasteiger partial charge in [-0.15, -0.1) is 5.54 Å². The number of unbranched alkanes of at least 4 members (excludes halogenated alkanes) is 1. The fourth-order valence-corrected chi connectivity index (χ4v) is 3.45. The van der Waals surface area contributed by atoms with Crippen molar-refractivity contribution in [2.45, 2.75) is 83.0 Å². The van der Waals surface area contributed by atoms with Gasteiger partial charge in [0.25, 0.3) is 0 Å². The fourth-order valence-electron chi connectivity index (χ4n) is 2.01. The summed E-state index contributed by atoms with van der Waals surface area (Å²) in [4.78, 5) is 11.3. The van der Waals surface area contributed by atoms with Crippen LogP contribution in [0.25, 0.3) is 0 Å². The van der Waals surface area contributed by atoms with Crippen LogP contribution in [0.1, 0.15) is 46.5 Å². The van der Waals surface area contributed by atoms with E-state index in [2.05, 4.69) is 40.6 Å². The molecular weight excluding hydrogens is 382 g/mol. The van der Waals surface area contributed by atoms with E-state index in [1.54, 1.807) is 7.11 Å². The van der Waals surface area contributed by atoms with Crippen LogP contribution in [-0.2, 0) is 30.0 Å². The molecule has 1 N–H and O–H groups in total. The Morgan fingerprint density at radius 1 is 1.19 bits per heavy atom. The van der Waals surface area contributed by atoms with E-state index in [1.807, 2.05) is 20.8 Å². The van der Waals surface area contributed by atoms with Gasteiger partial charge in [-0.1, -0.05) is 32.0 Å². The number of nitrogens with one attached hydrogen (secondary N) is 1. The molecule has 0 radical (unpaired) electrons. The Morgan fingerprint density at radius 2 is 1.81 bits per heavy atom. The monoisotopic (exact) mass is 419 g/mol. The molecule has 0 aliphatic heterocycles. The lowest BCUT2D eigenvalue weighted by Gasteiger charge is -2.28. The predicted octanol–water partition coefficient (Wildman–Crippen LogP) is 3.01. The zero-order chi connectivity index (χ0) is 21.1. The molecule has 0 amide bonds. The minimum atomic E-state index is -1.59. The van der Waals surface area contributed by atoms with Gasteiger partial charge < -0.3 is 14.2 Å². The lowest BCUT2D eigenvalue weighted by molar-refractivity contribution is -0.140. The molecule has 3 atom stereocenters. The van der Waals surface area contributed by atoms with E-state index >= 15 is 0 Å². The van der Waals surface area contributed by atoms with Gasteiger partial charge in [-0.25, -0.2) is 8.93 Å². The van der Waals surface area contributed by atoms with Gasteiger partial charge in [0, 0.05) is 13.5 Å². The molecule has 0 aromatic rings. The summed E-state index contributed by atoms with van der Waals surface area (Å²) in [5.74, 6) is 3.01. The van der Waals surface area contributed by atoms with Crippen molar-refractivity contribution in [3.63, 3.8) is 0 Å².